The second-order valence-electron chi connectivity index (χ2n) is 8.47. The molecule has 1 unspecified atom stereocenters. The summed E-state index contributed by atoms with van der Waals surface area (Å²) >= 11 is 6.03. The number of hydrogen-bond acceptors (Lipinski definition) is 5. The molecule has 2 aromatic carbocycles. The van der Waals surface area contributed by atoms with E-state index in [0.29, 0.717) is 47.8 Å². The Balaban J connectivity index is 2.21. The average molecular weight is 478 g/mol. The molecule has 0 aliphatic carbocycles. The van der Waals surface area contributed by atoms with Crippen LogP contribution in [0.25, 0.3) is 5.57 Å². The minimum absolute atomic E-state index is 0.0190. The van der Waals surface area contributed by atoms with Crippen LogP contribution >= 0.6 is 11.6 Å². The third-order valence-corrected chi connectivity index (χ3v) is 7.12. The number of aliphatic hydroxyl groups excluding tert-OH is 1. The molecule has 0 amide bonds. The van der Waals surface area contributed by atoms with Crippen LogP contribution in [0.5, 0.6) is 0 Å². The van der Waals surface area contributed by atoms with Crippen molar-refractivity contribution in [1.29, 1.82) is 0 Å². The highest BCUT2D eigenvalue weighted by atomic mass is 35.5. The molecule has 2 aromatic rings. The Bertz CT molecular complexity index is 1130. The van der Waals surface area contributed by atoms with Gasteiger partial charge in [-0.15, -0.1) is 0 Å². The van der Waals surface area contributed by atoms with E-state index in [1.165, 1.54) is 6.07 Å². The fraction of sp³-hybridized carbons (Fsp3) is 0.375. The quantitative estimate of drug-likeness (QED) is 0.626. The largest absolute Gasteiger partial charge is 0.481 e. The highest BCUT2D eigenvalue weighted by molar-refractivity contribution is 7.90. The molecule has 0 aromatic heterocycles. The summed E-state index contributed by atoms with van der Waals surface area (Å²) in [4.78, 5) is 13.6. The Labute approximate surface area is 194 Å². The van der Waals surface area contributed by atoms with Crippen molar-refractivity contribution in [2.24, 2.45) is 5.92 Å². The first-order valence-electron chi connectivity index (χ1n) is 10.4. The third-order valence-electron chi connectivity index (χ3n) is 5.77. The smallest absolute Gasteiger partial charge is 0.303 e. The number of sulfone groups is 1. The first kappa shape index (κ1) is 24.3. The van der Waals surface area contributed by atoms with Crippen LogP contribution in [0.15, 0.2) is 47.9 Å². The van der Waals surface area contributed by atoms with Gasteiger partial charge < -0.3 is 15.1 Å². The Morgan fingerprint density at radius 2 is 1.94 bits per heavy atom. The van der Waals surface area contributed by atoms with Crippen LogP contribution < -0.4 is 4.90 Å². The van der Waals surface area contributed by atoms with Crippen LogP contribution in [-0.4, -0.2) is 37.4 Å². The van der Waals surface area contributed by atoms with Crippen LogP contribution in [0.4, 0.5) is 5.69 Å². The zero-order chi connectivity index (χ0) is 23.6. The van der Waals surface area contributed by atoms with Crippen molar-refractivity contribution >= 4 is 38.7 Å². The van der Waals surface area contributed by atoms with E-state index in [4.69, 9.17) is 11.6 Å². The Morgan fingerprint density at radius 3 is 2.50 bits per heavy atom. The average Bonchev–Trinajstić information content (AvgIpc) is 2.69. The van der Waals surface area contributed by atoms with Gasteiger partial charge >= 0.3 is 5.97 Å². The van der Waals surface area contributed by atoms with Crippen LogP contribution in [0.2, 0.25) is 5.02 Å². The van der Waals surface area contributed by atoms with Crippen molar-refractivity contribution < 1.29 is 23.4 Å². The molecule has 1 aliphatic heterocycles. The summed E-state index contributed by atoms with van der Waals surface area (Å²) in [5.74, 6) is -0.989. The lowest BCUT2D eigenvalue weighted by Crippen LogP contribution is -2.33. The molecule has 3 rings (SSSR count). The first-order chi connectivity index (χ1) is 15.0. The molecular formula is C24H28ClNO5S. The zero-order valence-electron chi connectivity index (χ0n) is 18.2. The molecule has 1 heterocycles. The summed E-state index contributed by atoms with van der Waals surface area (Å²) in [6.45, 7) is 6.68. The number of aliphatic carboxylic acids is 1. The van der Waals surface area contributed by atoms with Crippen LogP contribution in [0.3, 0.4) is 0 Å². The zero-order valence-corrected chi connectivity index (χ0v) is 19.8. The standard InChI is InChI=1S/C24H28ClNO5S/c1-15-4-5-18(10-23(28)29)14-26(13-17-6-8-19(25)9-7-17)24-21(15)11-20(32(3,30)31)12-22(24)16(2)27/h6-9,11-12,16,18,27H,1,4-5,10,13-14H2,2-3H3,(H,28,29)/t16?,18-/m1/s1. The molecule has 0 spiro atoms. The van der Waals surface area contributed by atoms with E-state index < -0.39 is 21.9 Å². The molecule has 1 aliphatic rings. The van der Waals surface area contributed by atoms with Gasteiger partial charge in [-0.3, -0.25) is 4.79 Å². The number of hydrogen-bond donors (Lipinski definition) is 2. The lowest BCUT2D eigenvalue weighted by atomic mass is 9.87. The molecule has 0 saturated carbocycles. The van der Waals surface area contributed by atoms with Gasteiger partial charge in [-0.1, -0.05) is 30.3 Å². The van der Waals surface area contributed by atoms with Crippen molar-refractivity contribution in [1.82, 2.24) is 0 Å². The maximum atomic E-state index is 12.3. The van der Waals surface area contributed by atoms with Crippen molar-refractivity contribution in [2.75, 3.05) is 17.7 Å². The molecular weight excluding hydrogens is 450 g/mol. The normalized spacial score (nSPS) is 17.9. The number of nitrogens with zero attached hydrogens (tertiary/aromatic N) is 1. The summed E-state index contributed by atoms with van der Waals surface area (Å²) in [5, 5.41) is 20.6. The van der Waals surface area contributed by atoms with E-state index in [0.717, 1.165) is 17.4 Å². The Morgan fingerprint density at radius 1 is 1.28 bits per heavy atom. The molecule has 6 nitrogen and oxygen atoms in total. The predicted molar refractivity (Wildman–Crippen MR) is 127 cm³/mol. The number of fused-ring (bicyclic) bond motifs is 1. The van der Waals surface area contributed by atoms with Gasteiger partial charge in [-0.2, -0.15) is 0 Å². The molecule has 8 heteroatoms. The lowest BCUT2D eigenvalue weighted by Gasteiger charge is -2.36. The Hall–Kier alpha value is -2.35. The highest BCUT2D eigenvalue weighted by Crippen LogP contribution is 2.41. The second kappa shape index (κ2) is 9.65. The van der Waals surface area contributed by atoms with Gasteiger partial charge in [-0.05, 0) is 61.1 Å². The summed E-state index contributed by atoms with van der Waals surface area (Å²) < 4.78 is 24.7. The summed E-state index contributed by atoms with van der Waals surface area (Å²) in [6.07, 6.45) is 1.40. The van der Waals surface area contributed by atoms with Crippen LogP contribution in [0, 0.1) is 5.92 Å². The number of allylic oxidation sites excluding steroid dienone is 1. The van der Waals surface area contributed by atoms with E-state index in [9.17, 15) is 23.4 Å². The maximum absolute atomic E-state index is 12.3. The fourth-order valence-electron chi connectivity index (χ4n) is 4.16. The van der Waals surface area contributed by atoms with Gasteiger partial charge in [0, 0.05) is 41.9 Å². The molecule has 0 radical (unpaired) electrons. The monoisotopic (exact) mass is 477 g/mol. The summed E-state index contributed by atoms with van der Waals surface area (Å²) in [6, 6.07) is 10.5. The fourth-order valence-corrected chi connectivity index (χ4v) is 4.96. The van der Waals surface area contributed by atoms with E-state index in [1.807, 2.05) is 17.0 Å². The molecule has 0 bridgehead atoms. The number of anilines is 1. The molecule has 2 atom stereocenters. The number of rotatable bonds is 6. The molecule has 2 N–H and O–H groups in total. The van der Waals surface area contributed by atoms with E-state index in [1.54, 1.807) is 25.1 Å². The van der Waals surface area contributed by atoms with Crippen molar-refractivity contribution in [2.45, 2.75) is 43.7 Å². The van der Waals surface area contributed by atoms with Gasteiger partial charge in [0.15, 0.2) is 9.84 Å². The van der Waals surface area contributed by atoms with Gasteiger partial charge in [0.1, 0.15) is 0 Å². The van der Waals surface area contributed by atoms with Crippen LogP contribution in [-0.2, 0) is 21.2 Å². The van der Waals surface area contributed by atoms with Gasteiger partial charge in [0.25, 0.3) is 0 Å². The number of halogens is 1. The maximum Gasteiger partial charge on any atom is 0.303 e. The summed E-state index contributed by atoms with van der Waals surface area (Å²) in [7, 11) is -3.51. The number of carbonyl (C=O) groups is 1. The topological polar surface area (TPSA) is 94.9 Å². The van der Waals surface area contributed by atoms with Crippen molar-refractivity contribution in [3.8, 4) is 0 Å². The second-order valence-corrected chi connectivity index (χ2v) is 10.9. The van der Waals surface area contributed by atoms with Gasteiger partial charge in [0.2, 0.25) is 0 Å². The molecule has 172 valence electrons. The predicted octanol–water partition coefficient (Wildman–Crippen LogP) is 4.70. The van der Waals surface area contributed by atoms with Crippen molar-refractivity contribution in [3.05, 3.63) is 64.7 Å². The van der Waals surface area contributed by atoms with Gasteiger partial charge in [0.05, 0.1) is 16.7 Å². The first-order valence-corrected chi connectivity index (χ1v) is 12.7. The lowest BCUT2D eigenvalue weighted by molar-refractivity contribution is -0.138. The third kappa shape index (κ3) is 5.71. The van der Waals surface area contributed by atoms with E-state index >= 15 is 0 Å². The summed E-state index contributed by atoms with van der Waals surface area (Å²) in [5.41, 5.74) is 3.54. The number of carboxylic acids is 1. The minimum atomic E-state index is -3.51. The number of carboxylic acid groups (broad SMARTS) is 1. The minimum Gasteiger partial charge on any atom is -0.481 e. The van der Waals surface area contributed by atoms with Crippen molar-refractivity contribution in [3.63, 3.8) is 0 Å². The van der Waals surface area contributed by atoms with E-state index in [-0.39, 0.29) is 17.2 Å². The van der Waals surface area contributed by atoms with Gasteiger partial charge in [-0.25, -0.2) is 8.42 Å². The number of benzene rings is 2. The molecule has 0 saturated heterocycles. The SMILES string of the molecule is C=C1CC[C@H](CC(=O)O)CN(Cc2ccc(Cl)cc2)c2c1cc(S(C)(=O)=O)cc2C(C)O. The Kier molecular flexibility index (Phi) is 7.32. The molecule has 0 fully saturated rings. The molecule has 32 heavy (non-hydrogen) atoms. The van der Waals surface area contributed by atoms with Crippen LogP contribution in [0.1, 0.15) is 49.0 Å². The number of aliphatic hydroxyl groups is 1. The van der Waals surface area contributed by atoms with E-state index in [2.05, 4.69) is 6.58 Å². The highest BCUT2D eigenvalue weighted by Gasteiger charge is 2.29.